The Morgan fingerprint density at radius 2 is 1.90 bits per heavy atom. The van der Waals surface area contributed by atoms with Gasteiger partial charge < -0.3 is 10.6 Å². The van der Waals surface area contributed by atoms with Gasteiger partial charge in [-0.15, -0.1) is 0 Å². The van der Waals surface area contributed by atoms with E-state index in [-0.39, 0.29) is 11.4 Å². The van der Waals surface area contributed by atoms with Gasteiger partial charge in [-0.05, 0) is 12.0 Å². The van der Waals surface area contributed by atoms with Gasteiger partial charge in [0.05, 0.1) is 10.9 Å². The van der Waals surface area contributed by atoms with Crippen LogP contribution in [0.3, 0.4) is 0 Å². The molecule has 0 fully saturated rings. The van der Waals surface area contributed by atoms with Crippen LogP contribution in [0.15, 0.2) is 30.3 Å². The Bertz CT molecular complexity index is 476. The van der Waals surface area contributed by atoms with Crippen molar-refractivity contribution in [1.82, 2.24) is 4.90 Å². The van der Waals surface area contributed by atoms with Crippen molar-refractivity contribution >= 4 is 23.1 Å². The van der Waals surface area contributed by atoms with Gasteiger partial charge in [-0.2, -0.15) is 13.2 Å². The van der Waals surface area contributed by atoms with E-state index in [4.69, 9.17) is 18.0 Å². The smallest absolute Gasteiger partial charge is 0.393 e. The van der Waals surface area contributed by atoms with Crippen molar-refractivity contribution in [2.24, 2.45) is 11.7 Å². The van der Waals surface area contributed by atoms with Gasteiger partial charge >= 0.3 is 6.18 Å². The summed E-state index contributed by atoms with van der Waals surface area (Å²) < 4.78 is 36.9. The van der Waals surface area contributed by atoms with E-state index in [9.17, 15) is 18.0 Å². The van der Waals surface area contributed by atoms with Crippen LogP contribution in [0.5, 0.6) is 0 Å². The van der Waals surface area contributed by atoms with E-state index in [2.05, 4.69) is 0 Å². The normalized spacial score (nSPS) is 12.8. The molecule has 1 unspecified atom stereocenters. The first-order valence-electron chi connectivity index (χ1n) is 5.85. The molecule has 0 heterocycles. The van der Waals surface area contributed by atoms with Crippen LogP contribution in [0.25, 0.3) is 0 Å². The summed E-state index contributed by atoms with van der Waals surface area (Å²) >= 11 is 4.80. The first-order valence-corrected chi connectivity index (χ1v) is 6.26. The van der Waals surface area contributed by atoms with Crippen LogP contribution >= 0.6 is 12.2 Å². The zero-order chi connectivity index (χ0) is 15.3. The summed E-state index contributed by atoms with van der Waals surface area (Å²) in [6, 6.07) is 8.88. The quantitative estimate of drug-likeness (QED) is 0.848. The Morgan fingerprint density at radius 3 is 2.35 bits per heavy atom. The van der Waals surface area contributed by atoms with Gasteiger partial charge in [0.15, 0.2) is 0 Å². The van der Waals surface area contributed by atoms with Crippen molar-refractivity contribution in [2.75, 3.05) is 13.6 Å². The highest BCUT2D eigenvalue weighted by molar-refractivity contribution is 7.80. The Kier molecular flexibility index (Phi) is 5.50. The molecule has 1 atom stereocenters. The number of alkyl halides is 3. The molecule has 1 aromatic rings. The molecule has 1 rings (SSSR count). The molecule has 110 valence electrons. The molecule has 0 bridgehead atoms. The largest absolute Gasteiger partial charge is 0.406 e. The molecular formula is C13H15F3N2OS. The van der Waals surface area contributed by atoms with Crippen LogP contribution in [-0.2, 0) is 11.2 Å². The van der Waals surface area contributed by atoms with Crippen molar-refractivity contribution in [2.45, 2.75) is 12.6 Å². The third kappa shape index (κ3) is 5.16. The molecule has 0 saturated carbocycles. The molecule has 7 heteroatoms. The number of halogens is 3. The van der Waals surface area contributed by atoms with E-state index in [0.29, 0.717) is 4.90 Å². The average Bonchev–Trinajstić information content (AvgIpc) is 2.34. The van der Waals surface area contributed by atoms with Gasteiger partial charge in [0.25, 0.3) is 0 Å². The first-order chi connectivity index (χ1) is 9.20. The van der Waals surface area contributed by atoms with Crippen molar-refractivity contribution in [3.63, 3.8) is 0 Å². The zero-order valence-corrected chi connectivity index (χ0v) is 11.7. The number of rotatable bonds is 5. The van der Waals surface area contributed by atoms with Crippen LogP contribution in [0.4, 0.5) is 13.2 Å². The molecule has 0 radical (unpaired) electrons. The van der Waals surface area contributed by atoms with E-state index in [1.807, 2.05) is 0 Å². The predicted octanol–water partition coefficient (Wildman–Crippen LogP) is 2.15. The van der Waals surface area contributed by atoms with Gasteiger partial charge in [-0.25, -0.2) is 0 Å². The topological polar surface area (TPSA) is 46.3 Å². The van der Waals surface area contributed by atoms with Crippen LogP contribution in [-0.4, -0.2) is 35.6 Å². The van der Waals surface area contributed by atoms with Gasteiger partial charge in [-0.3, -0.25) is 4.79 Å². The molecule has 20 heavy (non-hydrogen) atoms. The molecule has 2 N–H and O–H groups in total. The number of carbonyl (C=O) groups is 1. The third-order valence-corrected chi connectivity index (χ3v) is 3.00. The summed E-state index contributed by atoms with van der Waals surface area (Å²) in [6.45, 7) is -1.32. The Labute approximate surface area is 120 Å². The minimum atomic E-state index is -4.45. The van der Waals surface area contributed by atoms with Crippen LogP contribution in [0.1, 0.15) is 5.56 Å². The fourth-order valence-corrected chi connectivity index (χ4v) is 1.96. The minimum absolute atomic E-state index is 0.104. The SMILES string of the molecule is CN(CC(F)(F)F)C(=O)C(Cc1ccccc1)C(N)=S. The first kappa shape index (κ1) is 16.4. The second-order valence-corrected chi connectivity index (χ2v) is 4.93. The fourth-order valence-electron chi connectivity index (χ4n) is 1.77. The number of hydrogen-bond donors (Lipinski definition) is 1. The third-order valence-electron chi connectivity index (χ3n) is 2.72. The maximum absolute atomic E-state index is 12.3. The van der Waals surface area contributed by atoms with Crippen LogP contribution in [0.2, 0.25) is 0 Å². The Balaban J connectivity index is 2.81. The summed E-state index contributed by atoms with van der Waals surface area (Å²) in [5.74, 6) is -1.65. The summed E-state index contributed by atoms with van der Waals surface area (Å²) in [6.07, 6.45) is -4.25. The van der Waals surface area contributed by atoms with Crippen LogP contribution < -0.4 is 5.73 Å². The highest BCUT2D eigenvalue weighted by Crippen LogP contribution is 2.18. The number of benzene rings is 1. The van der Waals surface area contributed by atoms with E-state index in [1.54, 1.807) is 30.3 Å². The standard InChI is InChI=1S/C13H15F3N2OS/c1-18(8-13(14,15)16)12(19)10(11(17)20)7-9-5-3-2-4-6-9/h2-6,10H,7-8H2,1H3,(H2,17,20). The van der Waals surface area contributed by atoms with Gasteiger partial charge in [0.1, 0.15) is 6.54 Å². The lowest BCUT2D eigenvalue weighted by Gasteiger charge is -2.24. The van der Waals surface area contributed by atoms with Crippen molar-refractivity contribution in [1.29, 1.82) is 0 Å². The predicted molar refractivity (Wildman–Crippen MR) is 74.1 cm³/mol. The van der Waals surface area contributed by atoms with Crippen molar-refractivity contribution in [3.8, 4) is 0 Å². The molecular weight excluding hydrogens is 289 g/mol. The number of thiocarbonyl (C=S) groups is 1. The molecule has 0 saturated heterocycles. The van der Waals surface area contributed by atoms with Gasteiger partial charge in [0.2, 0.25) is 5.91 Å². The zero-order valence-electron chi connectivity index (χ0n) is 10.9. The summed E-state index contributed by atoms with van der Waals surface area (Å²) in [5, 5.41) is 0. The maximum Gasteiger partial charge on any atom is 0.406 e. The van der Waals surface area contributed by atoms with Crippen LogP contribution in [0, 0.1) is 5.92 Å². The van der Waals surface area contributed by atoms with Crippen molar-refractivity contribution in [3.05, 3.63) is 35.9 Å². The number of hydrogen-bond acceptors (Lipinski definition) is 2. The van der Waals surface area contributed by atoms with Crippen molar-refractivity contribution < 1.29 is 18.0 Å². The highest BCUT2D eigenvalue weighted by Gasteiger charge is 2.34. The Hall–Kier alpha value is -1.63. The highest BCUT2D eigenvalue weighted by atomic mass is 32.1. The van der Waals surface area contributed by atoms with E-state index in [0.717, 1.165) is 12.6 Å². The molecule has 0 aromatic heterocycles. The summed E-state index contributed by atoms with van der Waals surface area (Å²) in [7, 11) is 1.09. The van der Waals surface area contributed by atoms with E-state index < -0.39 is 24.5 Å². The number of amides is 1. The number of carbonyl (C=O) groups excluding carboxylic acids is 1. The second-order valence-electron chi connectivity index (χ2n) is 4.45. The monoisotopic (exact) mass is 304 g/mol. The van der Waals surface area contributed by atoms with Gasteiger partial charge in [-0.1, -0.05) is 42.5 Å². The van der Waals surface area contributed by atoms with E-state index in [1.165, 1.54) is 0 Å². The number of nitrogens with two attached hydrogens (primary N) is 1. The molecule has 1 amide bonds. The molecule has 0 aliphatic carbocycles. The van der Waals surface area contributed by atoms with Gasteiger partial charge in [0, 0.05) is 7.05 Å². The van der Waals surface area contributed by atoms with E-state index >= 15 is 0 Å². The second kappa shape index (κ2) is 6.69. The lowest BCUT2D eigenvalue weighted by atomic mass is 9.98. The molecule has 1 aromatic carbocycles. The summed E-state index contributed by atoms with van der Waals surface area (Å²) in [5.41, 5.74) is 6.28. The molecule has 0 aliphatic rings. The summed E-state index contributed by atoms with van der Waals surface area (Å²) in [4.78, 5) is 12.5. The lowest BCUT2D eigenvalue weighted by Crippen LogP contribution is -2.44. The number of nitrogens with zero attached hydrogens (tertiary/aromatic N) is 1. The maximum atomic E-state index is 12.3. The fraction of sp³-hybridized carbons (Fsp3) is 0.385. The molecule has 0 spiro atoms. The lowest BCUT2D eigenvalue weighted by molar-refractivity contribution is -0.159. The molecule has 0 aliphatic heterocycles. The molecule has 3 nitrogen and oxygen atoms in total. The Morgan fingerprint density at radius 1 is 1.35 bits per heavy atom. The minimum Gasteiger partial charge on any atom is -0.393 e. The average molecular weight is 304 g/mol.